The van der Waals surface area contributed by atoms with Crippen LogP contribution in [0, 0.1) is 17.7 Å². The molecule has 1 saturated heterocycles. The van der Waals surface area contributed by atoms with Crippen molar-refractivity contribution >= 4 is 17.7 Å². The van der Waals surface area contributed by atoms with Gasteiger partial charge in [-0.05, 0) is 48.9 Å². The van der Waals surface area contributed by atoms with Gasteiger partial charge in [-0.15, -0.1) is 11.8 Å². The number of carboxylic acids is 1. The van der Waals surface area contributed by atoms with E-state index in [4.69, 9.17) is 0 Å². The molecule has 3 nitrogen and oxygen atoms in total. The average molecular weight is 309 g/mol. The molecule has 1 heterocycles. The van der Waals surface area contributed by atoms with E-state index in [1.165, 1.54) is 25.0 Å². The summed E-state index contributed by atoms with van der Waals surface area (Å²) in [6.07, 6.45) is 3.41. The van der Waals surface area contributed by atoms with Crippen molar-refractivity contribution in [3.05, 3.63) is 30.1 Å². The number of carbonyl (C=O) groups is 1. The van der Waals surface area contributed by atoms with Gasteiger partial charge in [0.15, 0.2) is 0 Å². The molecule has 3 atom stereocenters. The summed E-state index contributed by atoms with van der Waals surface area (Å²) >= 11 is 1.66. The number of nitrogens with zero attached hydrogens (tertiary/aromatic N) is 1. The largest absolute Gasteiger partial charge is 0.480 e. The zero-order valence-electron chi connectivity index (χ0n) is 11.9. The van der Waals surface area contributed by atoms with Gasteiger partial charge in [-0.3, -0.25) is 9.69 Å². The fourth-order valence-corrected chi connectivity index (χ4v) is 4.66. The Morgan fingerprint density at radius 3 is 2.81 bits per heavy atom. The first-order chi connectivity index (χ1) is 10.1. The summed E-state index contributed by atoms with van der Waals surface area (Å²) in [5.74, 6) is 0.864. The molecule has 0 amide bonds. The van der Waals surface area contributed by atoms with E-state index in [-0.39, 0.29) is 11.9 Å². The van der Waals surface area contributed by atoms with Crippen LogP contribution < -0.4 is 0 Å². The number of likely N-dealkylation sites (tertiary alicyclic amines) is 1. The third kappa shape index (κ3) is 3.24. The van der Waals surface area contributed by atoms with Crippen LogP contribution in [0.3, 0.4) is 0 Å². The monoisotopic (exact) mass is 309 g/mol. The van der Waals surface area contributed by atoms with Crippen molar-refractivity contribution in [1.29, 1.82) is 0 Å². The van der Waals surface area contributed by atoms with Gasteiger partial charge in [-0.1, -0.05) is 6.42 Å². The maximum atomic E-state index is 12.8. The van der Waals surface area contributed by atoms with Crippen LogP contribution in [0.25, 0.3) is 0 Å². The summed E-state index contributed by atoms with van der Waals surface area (Å²) < 4.78 is 12.8. The number of fused-ring (bicyclic) bond motifs is 1. The fourth-order valence-electron chi connectivity index (χ4n) is 3.77. The quantitative estimate of drug-likeness (QED) is 0.849. The van der Waals surface area contributed by atoms with Crippen LogP contribution >= 0.6 is 11.8 Å². The van der Waals surface area contributed by atoms with E-state index in [0.717, 1.165) is 30.2 Å². The predicted octanol–water partition coefficient (Wildman–Crippen LogP) is 3.10. The van der Waals surface area contributed by atoms with Crippen molar-refractivity contribution in [3.63, 3.8) is 0 Å². The molecular weight excluding hydrogens is 289 g/mol. The number of rotatable bonds is 5. The molecule has 0 spiro atoms. The lowest BCUT2D eigenvalue weighted by Gasteiger charge is -2.23. The van der Waals surface area contributed by atoms with Gasteiger partial charge < -0.3 is 5.11 Å². The molecule has 0 bridgehead atoms. The lowest BCUT2D eigenvalue weighted by Crippen LogP contribution is -2.40. The highest BCUT2D eigenvalue weighted by Gasteiger charge is 2.47. The van der Waals surface area contributed by atoms with E-state index in [0.29, 0.717) is 11.8 Å². The summed E-state index contributed by atoms with van der Waals surface area (Å²) in [5, 5.41) is 9.49. The zero-order valence-corrected chi connectivity index (χ0v) is 12.7. The Morgan fingerprint density at radius 2 is 2.10 bits per heavy atom. The fraction of sp³-hybridized carbons (Fsp3) is 0.562. The van der Waals surface area contributed by atoms with Crippen molar-refractivity contribution in [2.75, 3.05) is 18.8 Å². The van der Waals surface area contributed by atoms with Crippen molar-refractivity contribution < 1.29 is 14.3 Å². The van der Waals surface area contributed by atoms with Gasteiger partial charge in [-0.25, -0.2) is 4.39 Å². The molecule has 3 rings (SSSR count). The van der Waals surface area contributed by atoms with Gasteiger partial charge >= 0.3 is 5.97 Å². The highest BCUT2D eigenvalue weighted by atomic mass is 32.2. The van der Waals surface area contributed by atoms with E-state index in [9.17, 15) is 14.3 Å². The Labute approximate surface area is 128 Å². The first-order valence-corrected chi connectivity index (χ1v) is 8.49. The highest BCUT2D eigenvalue weighted by molar-refractivity contribution is 7.99. The van der Waals surface area contributed by atoms with Crippen molar-refractivity contribution in [2.24, 2.45) is 11.8 Å². The number of halogens is 1. The molecule has 1 aromatic carbocycles. The second-order valence-corrected chi connectivity index (χ2v) is 7.10. The number of aliphatic carboxylic acids is 1. The Kier molecular flexibility index (Phi) is 4.50. The first-order valence-electron chi connectivity index (χ1n) is 7.50. The Morgan fingerprint density at radius 1 is 1.33 bits per heavy atom. The molecule has 5 heteroatoms. The van der Waals surface area contributed by atoms with E-state index in [2.05, 4.69) is 4.90 Å². The van der Waals surface area contributed by atoms with E-state index in [1.54, 1.807) is 23.9 Å². The summed E-state index contributed by atoms with van der Waals surface area (Å²) in [7, 11) is 0. The number of carboxylic acid groups (broad SMARTS) is 1. The third-order valence-corrected chi connectivity index (χ3v) is 5.69. The van der Waals surface area contributed by atoms with Gasteiger partial charge in [0.1, 0.15) is 11.9 Å². The van der Waals surface area contributed by atoms with Gasteiger partial charge in [0, 0.05) is 23.7 Å². The second-order valence-electron chi connectivity index (χ2n) is 5.94. The third-order valence-electron chi connectivity index (χ3n) is 4.70. The Hall–Kier alpha value is -1.07. The number of hydrogen-bond acceptors (Lipinski definition) is 3. The van der Waals surface area contributed by atoms with Crippen LogP contribution in [0.2, 0.25) is 0 Å². The Balaban J connectivity index is 1.54. The predicted molar refractivity (Wildman–Crippen MR) is 81.0 cm³/mol. The minimum absolute atomic E-state index is 0.224. The maximum absolute atomic E-state index is 12.8. The van der Waals surface area contributed by atoms with Crippen molar-refractivity contribution in [1.82, 2.24) is 4.90 Å². The molecule has 1 N–H and O–H groups in total. The molecule has 1 saturated carbocycles. The first kappa shape index (κ1) is 14.9. The minimum Gasteiger partial charge on any atom is -0.480 e. The van der Waals surface area contributed by atoms with Crippen molar-refractivity contribution in [2.45, 2.75) is 30.2 Å². The molecule has 0 aromatic heterocycles. The molecule has 1 aliphatic carbocycles. The maximum Gasteiger partial charge on any atom is 0.321 e. The molecule has 0 radical (unpaired) electrons. The van der Waals surface area contributed by atoms with E-state index in [1.807, 2.05) is 0 Å². The summed E-state index contributed by atoms with van der Waals surface area (Å²) in [5.41, 5.74) is 0. The molecule has 1 aliphatic heterocycles. The van der Waals surface area contributed by atoms with Crippen LogP contribution in [0.5, 0.6) is 0 Å². The average Bonchev–Trinajstić information content (AvgIpc) is 3.00. The SMILES string of the molecule is O=C(O)C1C2CCCC2CN1CCSc1ccc(F)cc1. The lowest BCUT2D eigenvalue weighted by molar-refractivity contribution is -0.143. The molecule has 3 unspecified atom stereocenters. The normalized spacial score (nSPS) is 28.7. The number of hydrogen-bond donors (Lipinski definition) is 1. The smallest absolute Gasteiger partial charge is 0.321 e. The van der Waals surface area contributed by atoms with E-state index >= 15 is 0 Å². The summed E-state index contributed by atoms with van der Waals surface area (Å²) in [4.78, 5) is 14.7. The van der Waals surface area contributed by atoms with Crippen LogP contribution in [0.4, 0.5) is 4.39 Å². The van der Waals surface area contributed by atoms with E-state index < -0.39 is 5.97 Å². The number of benzene rings is 1. The van der Waals surface area contributed by atoms with Crippen LogP contribution in [-0.4, -0.2) is 40.9 Å². The van der Waals surface area contributed by atoms with Gasteiger partial charge in [0.2, 0.25) is 0 Å². The summed E-state index contributed by atoms with van der Waals surface area (Å²) in [6.45, 7) is 1.71. The molecule has 21 heavy (non-hydrogen) atoms. The van der Waals surface area contributed by atoms with Gasteiger partial charge in [0.25, 0.3) is 0 Å². The summed E-state index contributed by atoms with van der Waals surface area (Å²) in [6, 6.07) is 6.16. The highest BCUT2D eigenvalue weighted by Crippen LogP contribution is 2.42. The standard InChI is InChI=1S/C16H20FNO2S/c17-12-4-6-13(7-5-12)21-9-8-18-10-11-2-1-3-14(11)15(18)16(19)20/h4-7,11,14-15H,1-3,8-10H2,(H,19,20). The molecule has 2 aliphatic rings. The molecule has 1 aromatic rings. The topological polar surface area (TPSA) is 40.5 Å². The van der Waals surface area contributed by atoms with Gasteiger partial charge in [0.05, 0.1) is 0 Å². The molecular formula is C16H20FNO2S. The molecule has 114 valence electrons. The lowest BCUT2D eigenvalue weighted by atomic mass is 9.94. The van der Waals surface area contributed by atoms with Crippen molar-refractivity contribution in [3.8, 4) is 0 Å². The minimum atomic E-state index is -0.670. The second kappa shape index (κ2) is 6.36. The molecule has 2 fully saturated rings. The number of thioether (sulfide) groups is 1. The Bertz CT molecular complexity index is 508. The van der Waals surface area contributed by atoms with Gasteiger partial charge in [-0.2, -0.15) is 0 Å². The van der Waals surface area contributed by atoms with Crippen LogP contribution in [-0.2, 0) is 4.79 Å². The van der Waals surface area contributed by atoms with Crippen LogP contribution in [0.15, 0.2) is 29.2 Å². The zero-order chi connectivity index (χ0) is 14.8. The van der Waals surface area contributed by atoms with Crippen LogP contribution in [0.1, 0.15) is 19.3 Å².